The van der Waals surface area contributed by atoms with Crippen LogP contribution in [-0.4, -0.2) is 56.5 Å². The third-order valence-electron chi connectivity index (χ3n) is 4.23. The van der Waals surface area contributed by atoms with E-state index in [-0.39, 0.29) is 13.0 Å². The number of nitrogens with one attached hydrogen (secondary N) is 1. The number of halogens is 1. The van der Waals surface area contributed by atoms with E-state index in [2.05, 4.69) is 10.3 Å². The maximum Gasteiger partial charge on any atom is 0.405 e. The van der Waals surface area contributed by atoms with E-state index in [4.69, 9.17) is 10.4 Å². The number of carbonyl (C=O) groups excluding carboxylic acids is 1. The number of nitrogens with zero attached hydrogens (tertiary/aromatic N) is 3. The molecule has 140 valence electrons. The second-order valence-electron chi connectivity index (χ2n) is 6.60. The average molecular weight is 380 g/mol. The van der Waals surface area contributed by atoms with Crippen LogP contribution in [0.2, 0.25) is 0 Å². The molecule has 1 fully saturated rings. The van der Waals surface area contributed by atoms with Crippen LogP contribution >= 0.6 is 11.8 Å². The highest BCUT2D eigenvalue weighted by molar-refractivity contribution is 7.99. The molecule has 2 amide bonds. The number of nitriles is 1. The molecule has 0 radical (unpaired) electrons. The van der Waals surface area contributed by atoms with Crippen molar-refractivity contribution in [2.24, 2.45) is 0 Å². The summed E-state index contributed by atoms with van der Waals surface area (Å²) in [5, 5.41) is 20.6. The van der Waals surface area contributed by atoms with Gasteiger partial charge in [0.05, 0.1) is 12.6 Å². The van der Waals surface area contributed by atoms with Gasteiger partial charge in [0.15, 0.2) is 0 Å². The van der Waals surface area contributed by atoms with Gasteiger partial charge in [0.2, 0.25) is 5.91 Å². The molecule has 7 nitrogen and oxygen atoms in total. The maximum absolute atomic E-state index is 13.7. The molecule has 3 atom stereocenters. The lowest BCUT2D eigenvalue weighted by atomic mass is 10.0. The van der Waals surface area contributed by atoms with Gasteiger partial charge in [-0.2, -0.15) is 5.26 Å². The van der Waals surface area contributed by atoms with Crippen molar-refractivity contribution in [3.63, 3.8) is 0 Å². The predicted molar refractivity (Wildman–Crippen MR) is 95.2 cm³/mol. The number of likely N-dealkylation sites (tertiary alicyclic amines) is 1. The van der Waals surface area contributed by atoms with Gasteiger partial charge in [-0.05, 0) is 25.5 Å². The first kappa shape index (κ1) is 20.0. The number of rotatable bonds is 6. The molecule has 1 aromatic heterocycles. The van der Waals surface area contributed by atoms with Crippen LogP contribution in [0.5, 0.6) is 0 Å². The minimum atomic E-state index is -1.34. The number of hydrogen-bond donors (Lipinski definition) is 2. The fourth-order valence-electron chi connectivity index (χ4n) is 2.81. The predicted octanol–water partition coefficient (Wildman–Crippen LogP) is 2.19. The highest BCUT2D eigenvalue weighted by atomic mass is 32.2. The standard InChI is InChI=1S/C17H21FN4O3S/c1-17(2,26-10-11-4-3-5-20-8-11)14(21-16(24)25)15(23)22-9-12(18)6-13(22)7-19/h3-5,8,12-14,21H,6,9-10H2,1-2H3,(H,24,25)/t12-,13-,14+/m0/s1. The minimum Gasteiger partial charge on any atom is -0.465 e. The van der Waals surface area contributed by atoms with Crippen LogP contribution in [0.4, 0.5) is 9.18 Å². The van der Waals surface area contributed by atoms with Gasteiger partial charge in [-0.3, -0.25) is 9.78 Å². The fraction of sp³-hybridized carbons (Fsp3) is 0.529. The zero-order valence-electron chi connectivity index (χ0n) is 14.6. The molecule has 2 heterocycles. The van der Waals surface area contributed by atoms with E-state index >= 15 is 0 Å². The Morgan fingerprint density at radius 1 is 1.62 bits per heavy atom. The summed E-state index contributed by atoms with van der Waals surface area (Å²) in [7, 11) is 0. The first-order valence-electron chi connectivity index (χ1n) is 8.11. The van der Waals surface area contributed by atoms with Crippen molar-refractivity contribution in [1.29, 1.82) is 5.26 Å². The van der Waals surface area contributed by atoms with Crippen molar-refractivity contribution >= 4 is 23.8 Å². The summed E-state index contributed by atoms with van der Waals surface area (Å²) in [4.78, 5) is 29.3. The van der Waals surface area contributed by atoms with Crippen molar-refractivity contribution in [3.05, 3.63) is 30.1 Å². The van der Waals surface area contributed by atoms with Gasteiger partial charge in [0.1, 0.15) is 18.3 Å². The molecule has 0 saturated carbocycles. The Bertz CT molecular complexity index is 695. The van der Waals surface area contributed by atoms with E-state index in [1.807, 2.05) is 12.1 Å². The number of alkyl halides is 1. The fourth-order valence-corrected chi connectivity index (χ4v) is 3.84. The Morgan fingerprint density at radius 2 is 2.35 bits per heavy atom. The number of carboxylic acid groups (broad SMARTS) is 1. The number of pyridine rings is 1. The normalized spacial score (nSPS) is 21.1. The lowest BCUT2D eigenvalue weighted by molar-refractivity contribution is -0.134. The lowest BCUT2D eigenvalue weighted by Crippen LogP contribution is -2.58. The van der Waals surface area contributed by atoms with E-state index in [1.165, 1.54) is 11.8 Å². The van der Waals surface area contributed by atoms with Crippen LogP contribution < -0.4 is 5.32 Å². The van der Waals surface area contributed by atoms with E-state index in [1.54, 1.807) is 32.3 Å². The van der Waals surface area contributed by atoms with Gasteiger partial charge in [-0.1, -0.05) is 6.07 Å². The molecular formula is C17H21FN4O3S. The van der Waals surface area contributed by atoms with Crippen LogP contribution in [0.25, 0.3) is 0 Å². The minimum absolute atomic E-state index is 0.0503. The second-order valence-corrected chi connectivity index (χ2v) is 8.23. The largest absolute Gasteiger partial charge is 0.465 e. The van der Waals surface area contributed by atoms with Gasteiger partial charge in [0, 0.05) is 29.3 Å². The number of amides is 2. The molecule has 1 aliphatic rings. The second kappa shape index (κ2) is 8.36. The summed E-state index contributed by atoms with van der Waals surface area (Å²) in [6.45, 7) is 3.30. The summed E-state index contributed by atoms with van der Waals surface area (Å²) in [6.07, 6.45) is 0.680. The number of aromatic nitrogens is 1. The molecule has 0 spiro atoms. The van der Waals surface area contributed by atoms with Crippen LogP contribution in [0.1, 0.15) is 25.8 Å². The van der Waals surface area contributed by atoms with Crippen LogP contribution in [0.15, 0.2) is 24.5 Å². The Morgan fingerprint density at radius 3 is 2.92 bits per heavy atom. The summed E-state index contributed by atoms with van der Waals surface area (Å²) in [5.74, 6) is -0.0536. The topological polar surface area (TPSA) is 106 Å². The average Bonchev–Trinajstić information content (AvgIpc) is 2.99. The first-order valence-corrected chi connectivity index (χ1v) is 9.09. The van der Waals surface area contributed by atoms with Crippen molar-refractivity contribution in [2.45, 2.75) is 49.0 Å². The molecule has 2 rings (SSSR count). The third kappa shape index (κ3) is 4.85. The summed E-state index contributed by atoms with van der Waals surface area (Å²) < 4.78 is 12.8. The van der Waals surface area contributed by atoms with Crippen LogP contribution in [0, 0.1) is 11.3 Å². The Balaban J connectivity index is 2.17. The lowest BCUT2D eigenvalue weighted by Gasteiger charge is -2.35. The van der Waals surface area contributed by atoms with Crippen molar-refractivity contribution in [2.75, 3.05) is 6.54 Å². The number of carbonyl (C=O) groups is 2. The molecule has 2 N–H and O–H groups in total. The Labute approximate surface area is 155 Å². The van der Waals surface area contributed by atoms with Crippen molar-refractivity contribution in [3.8, 4) is 6.07 Å². The SMILES string of the molecule is CC(C)(SCc1cccnc1)[C@H](NC(=O)O)C(=O)N1C[C@@H](F)C[C@H]1C#N. The highest BCUT2D eigenvalue weighted by Crippen LogP contribution is 2.33. The van der Waals surface area contributed by atoms with E-state index < -0.39 is 35.0 Å². The molecule has 0 unspecified atom stereocenters. The zero-order valence-corrected chi connectivity index (χ0v) is 15.4. The smallest absolute Gasteiger partial charge is 0.405 e. The van der Waals surface area contributed by atoms with Crippen LogP contribution in [-0.2, 0) is 10.5 Å². The van der Waals surface area contributed by atoms with Crippen molar-refractivity contribution < 1.29 is 19.1 Å². The summed E-state index contributed by atoms with van der Waals surface area (Å²) >= 11 is 1.39. The zero-order chi connectivity index (χ0) is 19.3. The van der Waals surface area contributed by atoms with E-state index in [9.17, 15) is 14.0 Å². The molecule has 26 heavy (non-hydrogen) atoms. The molecule has 1 aliphatic heterocycles. The molecule has 0 aromatic carbocycles. The number of thioether (sulfide) groups is 1. The molecular weight excluding hydrogens is 359 g/mol. The molecule has 0 aliphatic carbocycles. The van der Waals surface area contributed by atoms with Gasteiger partial charge in [0.25, 0.3) is 0 Å². The Hall–Kier alpha value is -2.34. The summed E-state index contributed by atoms with van der Waals surface area (Å²) in [5.41, 5.74) is 0.937. The molecule has 1 saturated heterocycles. The quantitative estimate of drug-likeness (QED) is 0.784. The third-order valence-corrected chi connectivity index (χ3v) is 5.68. The Kier molecular flexibility index (Phi) is 6.42. The van der Waals surface area contributed by atoms with E-state index in [0.29, 0.717) is 5.75 Å². The summed E-state index contributed by atoms with van der Waals surface area (Å²) in [6, 6.07) is 3.61. The monoisotopic (exact) mass is 380 g/mol. The van der Waals surface area contributed by atoms with Crippen molar-refractivity contribution in [1.82, 2.24) is 15.2 Å². The number of hydrogen-bond acceptors (Lipinski definition) is 5. The first-order chi connectivity index (χ1) is 12.2. The molecule has 1 aromatic rings. The molecule has 0 bridgehead atoms. The van der Waals surface area contributed by atoms with Crippen LogP contribution in [0.3, 0.4) is 0 Å². The highest BCUT2D eigenvalue weighted by Gasteiger charge is 2.44. The van der Waals surface area contributed by atoms with Gasteiger partial charge >= 0.3 is 6.09 Å². The van der Waals surface area contributed by atoms with Gasteiger partial charge in [-0.15, -0.1) is 11.8 Å². The molecule has 9 heteroatoms. The van der Waals surface area contributed by atoms with E-state index in [0.717, 1.165) is 10.5 Å². The van der Waals surface area contributed by atoms with Gasteiger partial charge < -0.3 is 15.3 Å². The van der Waals surface area contributed by atoms with Gasteiger partial charge in [-0.25, -0.2) is 9.18 Å². The maximum atomic E-state index is 13.7.